The second-order valence-electron chi connectivity index (χ2n) is 4.69. The normalized spacial score (nSPS) is 14.4. The van der Waals surface area contributed by atoms with Crippen molar-refractivity contribution in [3.63, 3.8) is 0 Å². The van der Waals surface area contributed by atoms with E-state index in [2.05, 4.69) is 51.8 Å². The van der Waals surface area contributed by atoms with Crippen molar-refractivity contribution < 1.29 is 0 Å². The van der Waals surface area contributed by atoms with Crippen LogP contribution in [0.5, 0.6) is 0 Å². The largest absolute Gasteiger partial charge is 0.313 e. The molecule has 0 aliphatic heterocycles. The van der Waals surface area contributed by atoms with Gasteiger partial charge in [0, 0.05) is 31.2 Å². The van der Waals surface area contributed by atoms with Crippen LogP contribution in [0.3, 0.4) is 0 Å². The molecule has 0 saturated heterocycles. The van der Waals surface area contributed by atoms with E-state index in [1.165, 1.54) is 6.42 Å². The van der Waals surface area contributed by atoms with Crippen molar-refractivity contribution in [3.05, 3.63) is 0 Å². The second-order valence-corrected chi connectivity index (χ2v) is 4.69. The van der Waals surface area contributed by atoms with Crippen LogP contribution in [-0.2, 0) is 0 Å². The Bertz CT molecular complexity index is 124. The SMILES string of the molecule is CC[C@H](C)NCCN(C(C)C)C(C)C. The van der Waals surface area contributed by atoms with Gasteiger partial charge < -0.3 is 5.32 Å². The van der Waals surface area contributed by atoms with Crippen LogP contribution in [0.15, 0.2) is 0 Å². The molecule has 0 saturated carbocycles. The summed E-state index contributed by atoms with van der Waals surface area (Å²) in [6.45, 7) is 15.8. The molecular formula is C12H28N2. The lowest BCUT2D eigenvalue weighted by molar-refractivity contribution is 0.174. The monoisotopic (exact) mass is 200 g/mol. The fourth-order valence-electron chi connectivity index (χ4n) is 1.70. The smallest absolute Gasteiger partial charge is 0.0112 e. The Morgan fingerprint density at radius 1 is 1.00 bits per heavy atom. The topological polar surface area (TPSA) is 15.3 Å². The van der Waals surface area contributed by atoms with E-state index in [4.69, 9.17) is 0 Å². The second kappa shape index (κ2) is 7.24. The molecule has 0 spiro atoms. The molecule has 0 aromatic rings. The van der Waals surface area contributed by atoms with E-state index in [0.29, 0.717) is 18.1 Å². The lowest BCUT2D eigenvalue weighted by atomic mass is 10.2. The van der Waals surface area contributed by atoms with Crippen LogP contribution in [-0.4, -0.2) is 36.1 Å². The summed E-state index contributed by atoms with van der Waals surface area (Å²) in [5, 5.41) is 3.53. The quantitative estimate of drug-likeness (QED) is 0.679. The van der Waals surface area contributed by atoms with Gasteiger partial charge in [0.25, 0.3) is 0 Å². The average Bonchev–Trinajstić information content (AvgIpc) is 2.10. The summed E-state index contributed by atoms with van der Waals surface area (Å²) < 4.78 is 0. The molecule has 86 valence electrons. The highest BCUT2D eigenvalue weighted by Gasteiger charge is 2.12. The van der Waals surface area contributed by atoms with Crippen LogP contribution in [0.25, 0.3) is 0 Å². The number of nitrogens with one attached hydrogen (secondary N) is 1. The zero-order valence-electron chi connectivity index (χ0n) is 10.8. The predicted molar refractivity (Wildman–Crippen MR) is 64.7 cm³/mol. The van der Waals surface area contributed by atoms with Crippen LogP contribution in [0.1, 0.15) is 48.0 Å². The molecule has 1 atom stereocenters. The van der Waals surface area contributed by atoms with E-state index in [1.54, 1.807) is 0 Å². The summed E-state index contributed by atoms with van der Waals surface area (Å²) in [5.74, 6) is 0. The van der Waals surface area contributed by atoms with E-state index in [9.17, 15) is 0 Å². The maximum Gasteiger partial charge on any atom is 0.0112 e. The van der Waals surface area contributed by atoms with Gasteiger partial charge in [-0.25, -0.2) is 0 Å². The van der Waals surface area contributed by atoms with Crippen LogP contribution in [0.4, 0.5) is 0 Å². The van der Waals surface area contributed by atoms with E-state index >= 15 is 0 Å². The Labute approximate surface area is 90.1 Å². The van der Waals surface area contributed by atoms with Gasteiger partial charge in [0.1, 0.15) is 0 Å². The Morgan fingerprint density at radius 2 is 1.50 bits per heavy atom. The Kier molecular flexibility index (Phi) is 7.20. The first kappa shape index (κ1) is 13.9. The molecule has 0 radical (unpaired) electrons. The van der Waals surface area contributed by atoms with Crippen molar-refractivity contribution >= 4 is 0 Å². The van der Waals surface area contributed by atoms with E-state index < -0.39 is 0 Å². The van der Waals surface area contributed by atoms with Crippen molar-refractivity contribution in [2.45, 2.75) is 66.1 Å². The summed E-state index contributed by atoms with van der Waals surface area (Å²) in [6, 6.07) is 1.94. The molecule has 2 nitrogen and oxygen atoms in total. The molecule has 1 N–H and O–H groups in total. The molecular weight excluding hydrogens is 172 g/mol. The van der Waals surface area contributed by atoms with E-state index in [0.717, 1.165) is 13.1 Å². The van der Waals surface area contributed by atoms with E-state index in [1.807, 2.05) is 0 Å². The van der Waals surface area contributed by atoms with Gasteiger partial charge in [0.15, 0.2) is 0 Å². The van der Waals surface area contributed by atoms with E-state index in [-0.39, 0.29) is 0 Å². The maximum absolute atomic E-state index is 3.53. The van der Waals surface area contributed by atoms with Crippen LogP contribution < -0.4 is 5.32 Å². The Morgan fingerprint density at radius 3 is 1.86 bits per heavy atom. The third-order valence-electron chi connectivity index (χ3n) is 2.80. The number of hydrogen-bond donors (Lipinski definition) is 1. The van der Waals surface area contributed by atoms with Crippen molar-refractivity contribution in [3.8, 4) is 0 Å². The first-order chi connectivity index (χ1) is 6.49. The summed E-state index contributed by atoms with van der Waals surface area (Å²) in [7, 11) is 0. The molecule has 14 heavy (non-hydrogen) atoms. The lowest BCUT2D eigenvalue weighted by Crippen LogP contribution is -2.42. The van der Waals surface area contributed by atoms with Crippen molar-refractivity contribution in [2.75, 3.05) is 13.1 Å². The molecule has 0 aliphatic rings. The molecule has 2 heteroatoms. The highest BCUT2D eigenvalue weighted by molar-refractivity contribution is 4.69. The first-order valence-corrected chi connectivity index (χ1v) is 5.98. The van der Waals surface area contributed by atoms with Gasteiger partial charge in [0.2, 0.25) is 0 Å². The minimum absolute atomic E-state index is 0.647. The predicted octanol–water partition coefficient (Wildman–Crippen LogP) is 2.49. The fourth-order valence-corrected chi connectivity index (χ4v) is 1.70. The molecule has 0 bridgehead atoms. The zero-order chi connectivity index (χ0) is 11.1. The molecule has 0 aromatic carbocycles. The van der Waals surface area contributed by atoms with Gasteiger partial charge in [-0.3, -0.25) is 4.90 Å². The molecule has 0 heterocycles. The molecule has 0 aliphatic carbocycles. The minimum atomic E-state index is 0.647. The van der Waals surface area contributed by atoms with Crippen LogP contribution in [0, 0.1) is 0 Å². The van der Waals surface area contributed by atoms with Crippen LogP contribution in [0.2, 0.25) is 0 Å². The van der Waals surface area contributed by atoms with Crippen molar-refractivity contribution in [1.82, 2.24) is 10.2 Å². The molecule has 0 aromatic heterocycles. The Hall–Kier alpha value is -0.0800. The number of nitrogens with zero attached hydrogens (tertiary/aromatic N) is 1. The molecule has 0 unspecified atom stereocenters. The highest BCUT2D eigenvalue weighted by Crippen LogP contribution is 2.03. The summed E-state index contributed by atoms with van der Waals surface area (Å²) in [6.07, 6.45) is 1.21. The third kappa shape index (κ3) is 5.61. The summed E-state index contributed by atoms with van der Waals surface area (Å²) in [4.78, 5) is 2.52. The van der Waals surface area contributed by atoms with Gasteiger partial charge in [0.05, 0.1) is 0 Å². The van der Waals surface area contributed by atoms with Crippen molar-refractivity contribution in [2.24, 2.45) is 0 Å². The standard InChI is InChI=1S/C12H28N2/c1-7-12(6)13-8-9-14(10(2)3)11(4)5/h10-13H,7-9H2,1-6H3/t12-/m0/s1. The minimum Gasteiger partial charge on any atom is -0.313 e. The highest BCUT2D eigenvalue weighted by atomic mass is 15.2. The maximum atomic E-state index is 3.53. The van der Waals surface area contributed by atoms with Gasteiger partial charge in [-0.1, -0.05) is 6.92 Å². The van der Waals surface area contributed by atoms with Crippen LogP contribution >= 0.6 is 0 Å². The van der Waals surface area contributed by atoms with Gasteiger partial charge in [-0.2, -0.15) is 0 Å². The molecule has 0 rings (SSSR count). The first-order valence-electron chi connectivity index (χ1n) is 5.98. The third-order valence-corrected chi connectivity index (χ3v) is 2.80. The average molecular weight is 200 g/mol. The number of rotatable bonds is 7. The van der Waals surface area contributed by atoms with Gasteiger partial charge in [-0.15, -0.1) is 0 Å². The lowest BCUT2D eigenvalue weighted by Gasteiger charge is -2.31. The zero-order valence-corrected chi connectivity index (χ0v) is 10.8. The summed E-state index contributed by atoms with van der Waals surface area (Å²) in [5.41, 5.74) is 0. The van der Waals surface area contributed by atoms with Gasteiger partial charge in [-0.05, 0) is 41.0 Å². The van der Waals surface area contributed by atoms with Gasteiger partial charge >= 0.3 is 0 Å². The van der Waals surface area contributed by atoms with Crippen molar-refractivity contribution in [1.29, 1.82) is 0 Å². The number of hydrogen-bond acceptors (Lipinski definition) is 2. The Balaban J connectivity index is 3.72. The summed E-state index contributed by atoms with van der Waals surface area (Å²) >= 11 is 0. The fraction of sp³-hybridized carbons (Fsp3) is 1.00. The molecule has 0 fully saturated rings. The molecule has 0 amide bonds.